The lowest BCUT2D eigenvalue weighted by Gasteiger charge is -2.28. The third-order valence-corrected chi connectivity index (χ3v) is 4.60. The van der Waals surface area contributed by atoms with Crippen molar-refractivity contribution in [2.75, 3.05) is 12.0 Å². The highest BCUT2D eigenvalue weighted by atomic mass is 32.1. The molecular weight excluding hydrogens is 322 g/mol. The lowest BCUT2D eigenvalue weighted by Crippen LogP contribution is -2.35. The largest absolute Gasteiger partial charge is 0.333 e. The number of thiophene rings is 1. The van der Waals surface area contributed by atoms with Crippen molar-refractivity contribution in [2.24, 2.45) is 5.10 Å². The van der Waals surface area contributed by atoms with Crippen LogP contribution < -0.4 is 5.43 Å². The summed E-state index contributed by atoms with van der Waals surface area (Å²) in [6.07, 6.45) is 0.803. The number of hydrogen-bond acceptors (Lipinski definition) is 6. The van der Waals surface area contributed by atoms with E-state index < -0.39 is 0 Å². The minimum atomic E-state index is -0.234. The zero-order chi connectivity index (χ0) is 16.9. The van der Waals surface area contributed by atoms with Gasteiger partial charge in [0, 0.05) is 13.1 Å². The van der Waals surface area contributed by atoms with Crippen molar-refractivity contribution in [2.45, 2.75) is 13.0 Å². The number of benzene rings is 1. The second-order valence-electron chi connectivity index (χ2n) is 5.23. The van der Waals surface area contributed by atoms with Gasteiger partial charge in [0.25, 0.3) is 5.91 Å². The summed E-state index contributed by atoms with van der Waals surface area (Å²) >= 11 is 1.44. The molecule has 1 N–H and O–H groups in total. The summed E-state index contributed by atoms with van der Waals surface area (Å²) in [5, 5.41) is 23.0. The summed E-state index contributed by atoms with van der Waals surface area (Å²) in [5.41, 5.74) is 5.40. The fraction of sp³-hybridized carbons (Fsp3) is 0.176. The van der Waals surface area contributed by atoms with Gasteiger partial charge in [0.05, 0.1) is 10.6 Å². The van der Waals surface area contributed by atoms with Crippen LogP contribution >= 0.6 is 11.3 Å². The molecular formula is C17H13N5OS. The van der Waals surface area contributed by atoms with Crippen molar-refractivity contribution in [1.82, 2.24) is 4.90 Å². The molecule has 0 saturated heterocycles. The molecule has 0 unspecified atom stereocenters. The number of nitrogens with zero attached hydrogens (tertiary/aromatic N) is 4. The number of hydrazone groups is 1. The van der Waals surface area contributed by atoms with E-state index in [0.717, 1.165) is 16.9 Å². The molecule has 0 saturated carbocycles. The Labute approximate surface area is 143 Å². The first kappa shape index (κ1) is 15.7. The number of carbonyl (C=O) groups is 1. The van der Waals surface area contributed by atoms with Crippen molar-refractivity contribution in [1.29, 1.82) is 10.5 Å². The van der Waals surface area contributed by atoms with E-state index in [0.29, 0.717) is 18.8 Å². The van der Waals surface area contributed by atoms with Crippen LogP contribution in [0.3, 0.4) is 0 Å². The molecule has 2 heterocycles. The Morgan fingerprint density at radius 2 is 2.08 bits per heavy atom. The number of nitriles is 2. The topological polar surface area (TPSA) is 92.3 Å². The Morgan fingerprint density at radius 3 is 2.79 bits per heavy atom. The molecule has 24 heavy (non-hydrogen) atoms. The summed E-state index contributed by atoms with van der Waals surface area (Å²) in [4.78, 5) is 15.0. The van der Waals surface area contributed by atoms with Gasteiger partial charge in [-0.25, -0.2) is 0 Å². The number of rotatable bonds is 3. The molecule has 1 amide bonds. The number of fused-ring (bicyclic) bond motifs is 1. The smallest absolute Gasteiger partial charge is 0.264 e. The van der Waals surface area contributed by atoms with Crippen LogP contribution in [-0.4, -0.2) is 23.1 Å². The maximum atomic E-state index is 12.5. The van der Waals surface area contributed by atoms with Gasteiger partial charge in [0.1, 0.15) is 12.1 Å². The van der Waals surface area contributed by atoms with Crippen LogP contribution in [-0.2, 0) is 13.0 Å². The Morgan fingerprint density at radius 1 is 1.25 bits per heavy atom. The number of nitrogens with one attached hydrogen (secondary N) is 1. The molecule has 1 aliphatic heterocycles. The molecule has 118 valence electrons. The van der Waals surface area contributed by atoms with E-state index >= 15 is 0 Å². The van der Waals surface area contributed by atoms with E-state index in [9.17, 15) is 4.79 Å². The monoisotopic (exact) mass is 335 g/mol. The van der Waals surface area contributed by atoms with E-state index in [1.807, 2.05) is 40.6 Å². The SMILES string of the molecule is N#CC(C#N)=NNc1ccc2c(c1)CN(C(=O)c1cccs1)CC2. The molecule has 1 aliphatic rings. The first-order valence-electron chi connectivity index (χ1n) is 7.29. The normalized spacial score (nSPS) is 12.5. The number of anilines is 1. The summed E-state index contributed by atoms with van der Waals surface area (Å²) < 4.78 is 0. The standard InChI is InChI=1S/C17H13N5OS/c18-9-15(10-19)21-20-14-4-3-12-5-6-22(11-13(12)8-14)17(23)16-2-1-7-24-16/h1-4,7-8,20H,5-6,11H2. The Hall–Kier alpha value is -3.16. The molecule has 0 spiro atoms. The molecule has 1 aromatic heterocycles. The number of hydrogen-bond donors (Lipinski definition) is 1. The lowest BCUT2D eigenvalue weighted by molar-refractivity contribution is 0.0739. The van der Waals surface area contributed by atoms with E-state index in [1.54, 1.807) is 12.1 Å². The molecule has 0 radical (unpaired) electrons. The predicted octanol–water partition coefficient (Wildman–Crippen LogP) is 2.76. The molecule has 0 bridgehead atoms. The van der Waals surface area contributed by atoms with Gasteiger partial charge in [-0.05, 0) is 41.1 Å². The average Bonchev–Trinajstić information content (AvgIpc) is 3.16. The van der Waals surface area contributed by atoms with Gasteiger partial charge in [-0.15, -0.1) is 11.3 Å². The fourth-order valence-corrected chi connectivity index (χ4v) is 3.24. The number of amides is 1. The van der Waals surface area contributed by atoms with E-state index in [4.69, 9.17) is 10.5 Å². The van der Waals surface area contributed by atoms with Crippen LogP contribution in [0, 0.1) is 22.7 Å². The third-order valence-electron chi connectivity index (χ3n) is 3.75. The fourth-order valence-electron chi connectivity index (χ4n) is 2.55. The molecule has 6 nitrogen and oxygen atoms in total. The minimum absolute atomic E-state index is 0.0447. The van der Waals surface area contributed by atoms with Gasteiger partial charge < -0.3 is 4.90 Å². The summed E-state index contributed by atoms with van der Waals surface area (Å²) in [6, 6.07) is 12.8. The highest BCUT2D eigenvalue weighted by molar-refractivity contribution is 7.12. The van der Waals surface area contributed by atoms with Crippen molar-refractivity contribution >= 4 is 28.6 Å². The average molecular weight is 335 g/mol. The minimum Gasteiger partial charge on any atom is -0.333 e. The lowest BCUT2D eigenvalue weighted by atomic mass is 9.99. The van der Waals surface area contributed by atoms with Gasteiger partial charge in [0.2, 0.25) is 5.71 Å². The zero-order valence-corrected chi connectivity index (χ0v) is 13.5. The second-order valence-corrected chi connectivity index (χ2v) is 6.18. The molecule has 0 atom stereocenters. The maximum absolute atomic E-state index is 12.5. The van der Waals surface area contributed by atoms with Crippen LogP contribution in [0.25, 0.3) is 0 Å². The van der Waals surface area contributed by atoms with Crippen LogP contribution in [0.2, 0.25) is 0 Å². The molecule has 3 rings (SSSR count). The predicted molar refractivity (Wildman–Crippen MR) is 91.5 cm³/mol. The van der Waals surface area contributed by atoms with Gasteiger partial charge >= 0.3 is 0 Å². The summed E-state index contributed by atoms with van der Waals surface area (Å²) in [5.74, 6) is 0.0447. The highest BCUT2D eigenvalue weighted by Gasteiger charge is 2.22. The molecule has 0 fully saturated rings. The van der Waals surface area contributed by atoms with Crippen LogP contribution in [0.4, 0.5) is 5.69 Å². The summed E-state index contributed by atoms with van der Waals surface area (Å²) in [7, 11) is 0. The molecule has 7 heteroatoms. The first-order chi connectivity index (χ1) is 11.7. The summed E-state index contributed by atoms with van der Waals surface area (Å²) in [6.45, 7) is 1.23. The molecule has 1 aromatic carbocycles. The Kier molecular flexibility index (Phi) is 4.55. The van der Waals surface area contributed by atoms with E-state index in [1.165, 1.54) is 16.9 Å². The quantitative estimate of drug-likeness (QED) is 0.689. The van der Waals surface area contributed by atoms with Crippen LogP contribution in [0.1, 0.15) is 20.8 Å². The Bertz CT molecular complexity index is 857. The zero-order valence-electron chi connectivity index (χ0n) is 12.7. The number of carbonyl (C=O) groups excluding carboxylic acids is 1. The van der Waals surface area contributed by atoms with Gasteiger partial charge in [-0.1, -0.05) is 12.1 Å². The Balaban J connectivity index is 1.77. The van der Waals surface area contributed by atoms with Crippen molar-refractivity contribution < 1.29 is 4.79 Å². The third kappa shape index (κ3) is 3.27. The van der Waals surface area contributed by atoms with Gasteiger partial charge in [0.15, 0.2) is 0 Å². The first-order valence-corrected chi connectivity index (χ1v) is 8.17. The second kappa shape index (κ2) is 6.95. The van der Waals surface area contributed by atoms with Crippen molar-refractivity contribution in [3.05, 3.63) is 51.7 Å². The van der Waals surface area contributed by atoms with Crippen LogP contribution in [0.15, 0.2) is 40.8 Å². The van der Waals surface area contributed by atoms with E-state index in [2.05, 4.69) is 10.5 Å². The van der Waals surface area contributed by atoms with Crippen molar-refractivity contribution in [3.8, 4) is 12.1 Å². The van der Waals surface area contributed by atoms with E-state index in [-0.39, 0.29) is 11.6 Å². The molecule has 0 aliphatic carbocycles. The highest BCUT2D eigenvalue weighted by Crippen LogP contribution is 2.24. The molecule has 2 aromatic rings. The van der Waals surface area contributed by atoms with Gasteiger partial charge in [-0.3, -0.25) is 10.2 Å². The van der Waals surface area contributed by atoms with Crippen LogP contribution in [0.5, 0.6) is 0 Å². The van der Waals surface area contributed by atoms with Crippen molar-refractivity contribution in [3.63, 3.8) is 0 Å². The van der Waals surface area contributed by atoms with Gasteiger partial charge in [-0.2, -0.15) is 15.6 Å². The maximum Gasteiger partial charge on any atom is 0.264 e.